The lowest BCUT2D eigenvalue weighted by atomic mass is 10.0. The monoisotopic (exact) mass is 1250 g/mol. The van der Waals surface area contributed by atoms with Crippen LogP contribution >= 0.6 is 0 Å². The van der Waals surface area contributed by atoms with E-state index in [1.165, 1.54) is 244 Å². The van der Waals surface area contributed by atoms with Crippen LogP contribution in [0.15, 0.2) is 85.1 Å². The molecule has 0 radical (unpaired) electrons. The Hall–Kier alpha value is -3.53. The van der Waals surface area contributed by atoms with Crippen LogP contribution in [0.2, 0.25) is 0 Å². The minimum absolute atomic E-state index is 0.181. The van der Waals surface area contributed by atoms with Gasteiger partial charge in [0.05, 0.1) is 34.4 Å². The van der Waals surface area contributed by atoms with Crippen LogP contribution in [0.1, 0.15) is 348 Å². The van der Waals surface area contributed by atoms with Gasteiger partial charge in [-0.25, -0.2) is 4.79 Å². The molecule has 0 spiro atoms. The van der Waals surface area contributed by atoms with Gasteiger partial charge in [0.1, 0.15) is 13.2 Å². The summed E-state index contributed by atoms with van der Waals surface area (Å²) in [4.78, 5) is 37.7. The van der Waals surface area contributed by atoms with Crippen molar-refractivity contribution in [3.63, 3.8) is 0 Å². The van der Waals surface area contributed by atoms with Crippen molar-refractivity contribution in [2.45, 2.75) is 360 Å². The fraction of sp³-hybridized carbons (Fsp3) is 0.787. The van der Waals surface area contributed by atoms with Crippen LogP contribution in [0.25, 0.3) is 0 Å². The normalized spacial score (nSPS) is 13.1. The maximum Gasteiger partial charge on any atom is 0.361 e. The molecule has 0 aromatic carbocycles. The molecule has 0 aliphatic rings. The summed E-state index contributed by atoms with van der Waals surface area (Å²) in [7, 11) is 5.99. The summed E-state index contributed by atoms with van der Waals surface area (Å²) in [6.45, 7) is 4.80. The third-order valence-electron chi connectivity index (χ3n) is 16.6. The van der Waals surface area contributed by atoms with Crippen LogP contribution in [0, 0.1) is 0 Å². The second-order valence-electron chi connectivity index (χ2n) is 26.6. The van der Waals surface area contributed by atoms with Crippen LogP contribution in [0.5, 0.6) is 0 Å². The highest BCUT2D eigenvalue weighted by Gasteiger charge is 2.25. The van der Waals surface area contributed by atoms with E-state index in [9.17, 15) is 19.5 Å². The molecule has 0 saturated carbocycles. The van der Waals surface area contributed by atoms with Crippen molar-refractivity contribution in [3.8, 4) is 0 Å². The van der Waals surface area contributed by atoms with Crippen LogP contribution < -0.4 is 0 Å². The number of hydrogen-bond acceptors (Lipinski definition) is 7. The summed E-state index contributed by atoms with van der Waals surface area (Å²) in [5.74, 6) is -1.99. The number of carboxylic acid groups (broad SMARTS) is 1. The zero-order valence-electron chi connectivity index (χ0n) is 59.1. The van der Waals surface area contributed by atoms with Crippen molar-refractivity contribution in [2.24, 2.45) is 0 Å². The lowest BCUT2D eigenvalue weighted by Crippen LogP contribution is -2.40. The van der Waals surface area contributed by atoms with Crippen LogP contribution in [0.4, 0.5) is 0 Å². The summed E-state index contributed by atoms with van der Waals surface area (Å²) in [5.41, 5.74) is 0. The van der Waals surface area contributed by atoms with Crippen LogP contribution in [0.3, 0.4) is 0 Å². The highest BCUT2D eigenvalue weighted by Crippen LogP contribution is 2.19. The lowest BCUT2D eigenvalue weighted by Gasteiger charge is -2.25. The molecule has 0 saturated heterocycles. The molecule has 9 heteroatoms. The molecule has 2 unspecified atom stereocenters. The van der Waals surface area contributed by atoms with Crippen molar-refractivity contribution in [3.05, 3.63) is 85.1 Å². The molecule has 89 heavy (non-hydrogen) atoms. The molecule has 9 nitrogen and oxygen atoms in total. The van der Waals surface area contributed by atoms with Gasteiger partial charge in [0.15, 0.2) is 6.10 Å². The number of hydrogen-bond donors (Lipinski definition) is 1. The Bertz CT molecular complexity index is 1740. The SMILES string of the molecule is CC/C=C\C/C=C\C/C=C\C/C=C\CCCCCCCCCCCCCCCCCCCCCCCCC(=O)OC(COC(=O)CCCCCCCCCCCCCCCC/C=C\C/C=C\C/C=C\CCCCCCC)COC(OCC[N+](C)(C)C)C(=O)O. The first-order valence-corrected chi connectivity index (χ1v) is 37.8. The number of nitrogens with zero attached hydrogens (tertiary/aromatic N) is 1. The maximum absolute atomic E-state index is 13.0. The topological polar surface area (TPSA) is 108 Å². The minimum Gasteiger partial charge on any atom is -0.477 e. The van der Waals surface area contributed by atoms with Gasteiger partial charge in [-0.15, -0.1) is 0 Å². The van der Waals surface area contributed by atoms with Gasteiger partial charge < -0.3 is 28.5 Å². The molecule has 0 aliphatic carbocycles. The summed E-state index contributed by atoms with van der Waals surface area (Å²) in [6.07, 6.45) is 92.9. The first-order valence-electron chi connectivity index (χ1n) is 37.8. The lowest BCUT2D eigenvalue weighted by molar-refractivity contribution is -0.870. The summed E-state index contributed by atoms with van der Waals surface area (Å²) in [6, 6.07) is 0. The van der Waals surface area contributed by atoms with Gasteiger partial charge in [0, 0.05) is 12.8 Å². The van der Waals surface area contributed by atoms with Gasteiger partial charge in [-0.1, -0.05) is 330 Å². The molecule has 0 amide bonds. The molecular formula is C80H144NO8+. The number of carbonyl (C=O) groups excluding carboxylic acids is 2. The smallest absolute Gasteiger partial charge is 0.361 e. The quantitative estimate of drug-likeness (QED) is 0.0211. The van der Waals surface area contributed by atoms with Crippen molar-refractivity contribution in [2.75, 3.05) is 47.5 Å². The number of rotatable bonds is 70. The maximum atomic E-state index is 13.0. The number of allylic oxidation sites excluding steroid dienone is 14. The van der Waals surface area contributed by atoms with Gasteiger partial charge in [0.2, 0.25) is 0 Å². The molecule has 2 atom stereocenters. The van der Waals surface area contributed by atoms with E-state index in [-0.39, 0.29) is 38.2 Å². The van der Waals surface area contributed by atoms with Gasteiger partial charge in [-0.3, -0.25) is 9.59 Å². The Morgan fingerprint density at radius 2 is 0.640 bits per heavy atom. The Balaban J connectivity index is 4.03. The molecule has 516 valence electrons. The number of carbonyl (C=O) groups is 3. The average molecular weight is 1250 g/mol. The number of esters is 2. The van der Waals surface area contributed by atoms with Crippen molar-refractivity contribution in [1.82, 2.24) is 0 Å². The predicted molar refractivity (Wildman–Crippen MR) is 382 cm³/mol. The fourth-order valence-electron chi connectivity index (χ4n) is 10.9. The number of likely N-dealkylation sites (N-methyl/N-ethyl adjacent to an activating group) is 1. The van der Waals surface area contributed by atoms with Gasteiger partial charge >= 0.3 is 17.9 Å². The number of ether oxygens (including phenoxy) is 4. The first kappa shape index (κ1) is 85.5. The highest BCUT2D eigenvalue weighted by molar-refractivity contribution is 5.71. The zero-order chi connectivity index (χ0) is 64.7. The molecule has 1 N–H and O–H groups in total. The fourth-order valence-corrected chi connectivity index (χ4v) is 10.9. The van der Waals surface area contributed by atoms with E-state index in [4.69, 9.17) is 18.9 Å². The molecule has 0 heterocycles. The first-order chi connectivity index (χ1) is 43.6. The van der Waals surface area contributed by atoms with Crippen molar-refractivity contribution in [1.29, 1.82) is 0 Å². The summed E-state index contributed by atoms with van der Waals surface area (Å²) < 4.78 is 23.0. The number of carboxylic acids is 1. The van der Waals surface area contributed by atoms with Crippen LogP contribution in [-0.4, -0.2) is 87.4 Å². The molecule has 0 aromatic rings. The highest BCUT2D eigenvalue weighted by atomic mass is 16.7. The van der Waals surface area contributed by atoms with Crippen LogP contribution in [-0.2, 0) is 33.3 Å². The molecule has 0 aliphatic heterocycles. The Labute approximate surface area is 550 Å². The molecule has 0 bridgehead atoms. The Morgan fingerprint density at radius 3 is 0.955 bits per heavy atom. The van der Waals surface area contributed by atoms with Gasteiger partial charge in [-0.05, 0) is 89.9 Å². The molecular weight excluding hydrogens is 1100 g/mol. The molecule has 0 rings (SSSR count). The standard InChI is InChI=1S/C80H143NO8/c1-6-8-10-12-14-16-18-20-22-24-26-28-30-32-34-36-37-38-39-40-41-43-45-47-49-51-53-55-57-59-61-63-65-67-69-71-78(83)89-76(75-88-80(79(84)85)86-73-72-81(3,4)5)74-87-77(82)70-68-66-64-62-60-58-56-54-52-50-48-46-44-42-35-33-31-29-27-25-23-21-19-17-15-13-11-9-7-2/h8,10,14,16,19-22,25-28,31,33,76,80H,6-7,9,11-13,15,17-18,23-24,29-30,32,34-75H2,1-5H3/p+1/b10-8-,16-14-,21-19-,22-20-,27-25-,28-26-,33-31-. The number of aliphatic carboxylic acids is 1. The van der Waals surface area contributed by atoms with Gasteiger partial charge in [0.25, 0.3) is 6.29 Å². The Kier molecular flexibility index (Phi) is 67.6. The summed E-state index contributed by atoms with van der Waals surface area (Å²) in [5, 5.41) is 9.76. The third kappa shape index (κ3) is 71.8. The number of quaternary nitrogens is 1. The average Bonchev–Trinajstić information content (AvgIpc) is 3.64. The van der Waals surface area contributed by atoms with Crippen molar-refractivity contribution < 1.29 is 42.9 Å². The third-order valence-corrected chi connectivity index (χ3v) is 16.6. The van der Waals surface area contributed by atoms with E-state index in [0.717, 1.165) is 77.0 Å². The van der Waals surface area contributed by atoms with E-state index in [1.807, 2.05) is 21.1 Å². The van der Waals surface area contributed by atoms with E-state index < -0.39 is 18.4 Å². The predicted octanol–water partition coefficient (Wildman–Crippen LogP) is 23.8. The summed E-state index contributed by atoms with van der Waals surface area (Å²) >= 11 is 0. The van der Waals surface area contributed by atoms with E-state index in [1.54, 1.807) is 0 Å². The van der Waals surface area contributed by atoms with E-state index in [2.05, 4.69) is 98.9 Å². The largest absolute Gasteiger partial charge is 0.477 e. The molecule has 0 fully saturated rings. The van der Waals surface area contributed by atoms with E-state index in [0.29, 0.717) is 17.4 Å². The second kappa shape index (κ2) is 70.3. The molecule has 0 aromatic heterocycles. The second-order valence-corrected chi connectivity index (χ2v) is 26.6. The minimum atomic E-state index is -1.51. The zero-order valence-corrected chi connectivity index (χ0v) is 59.1. The van der Waals surface area contributed by atoms with Gasteiger partial charge in [-0.2, -0.15) is 0 Å². The van der Waals surface area contributed by atoms with E-state index >= 15 is 0 Å². The van der Waals surface area contributed by atoms with Crippen molar-refractivity contribution >= 4 is 17.9 Å². The Morgan fingerprint density at radius 1 is 0.348 bits per heavy atom. The number of unbranched alkanes of at least 4 members (excludes halogenated alkanes) is 41.